The van der Waals surface area contributed by atoms with Gasteiger partial charge in [0.05, 0.1) is 0 Å². The molecule has 1 rings (SSSR count). The van der Waals surface area contributed by atoms with Crippen molar-refractivity contribution < 1.29 is 4.43 Å². The molecule has 0 N–H and O–H groups in total. The number of unbranched alkanes of at least 4 members (excludes halogenated alkanes) is 5. The lowest BCUT2D eigenvalue weighted by molar-refractivity contribution is 0.571. The van der Waals surface area contributed by atoms with Gasteiger partial charge in [-0.05, 0) is 18.2 Å². The Morgan fingerprint density at radius 3 is 2.22 bits per heavy atom. The molecule has 0 saturated heterocycles. The number of hydrogen-bond acceptors (Lipinski definition) is 1. The van der Waals surface area contributed by atoms with Crippen LogP contribution in [0.1, 0.15) is 45.4 Å². The van der Waals surface area contributed by atoms with Gasteiger partial charge < -0.3 is 4.43 Å². The molecule has 102 valence electrons. The maximum absolute atomic E-state index is 6.14. The number of benzene rings is 1. The number of para-hydroxylation sites is 1. The number of hydrogen-bond donors (Lipinski definition) is 0. The zero-order valence-corrected chi connectivity index (χ0v) is 16.3. The minimum atomic E-state index is -1.57. The van der Waals surface area contributed by atoms with E-state index in [9.17, 15) is 0 Å². The molecule has 0 aromatic heterocycles. The first-order chi connectivity index (χ1) is 8.64. The zero-order valence-electron chi connectivity index (χ0n) is 11.0. The summed E-state index contributed by atoms with van der Waals surface area (Å²) in [7, 11) is 0. The molecule has 0 spiro atoms. The maximum Gasteiger partial charge on any atom is 0.382 e. The summed E-state index contributed by atoms with van der Waals surface area (Å²) in [6.07, 6.45) is 8.17. The van der Waals surface area contributed by atoms with Crippen LogP contribution in [-0.2, 0) is 0 Å². The highest BCUT2D eigenvalue weighted by Gasteiger charge is 2.29. The summed E-state index contributed by atoms with van der Waals surface area (Å²) < 4.78 is 4.57. The van der Waals surface area contributed by atoms with Crippen LogP contribution in [-0.4, -0.2) is 3.31 Å². The first kappa shape index (κ1) is 16.8. The SMILES string of the molecule is CCCCCCCC[Si](I)(I)Oc1ccccc1. The van der Waals surface area contributed by atoms with Crippen molar-refractivity contribution in [2.24, 2.45) is 0 Å². The van der Waals surface area contributed by atoms with E-state index in [1.165, 1.54) is 44.6 Å². The van der Waals surface area contributed by atoms with Crippen LogP contribution in [0.2, 0.25) is 6.04 Å². The first-order valence-electron chi connectivity index (χ1n) is 6.76. The Labute approximate surface area is 138 Å². The van der Waals surface area contributed by atoms with Crippen molar-refractivity contribution in [1.29, 1.82) is 0 Å². The van der Waals surface area contributed by atoms with E-state index in [1.54, 1.807) is 0 Å². The standard InChI is InChI=1S/C14H22I2OSi/c1-2-3-4-5-6-10-13-18(15,16)17-14-11-8-7-9-12-14/h7-9,11-12H,2-6,10,13H2,1H3. The molecule has 0 atom stereocenters. The highest BCUT2D eigenvalue weighted by Crippen LogP contribution is 2.32. The van der Waals surface area contributed by atoms with E-state index in [4.69, 9.17) is 4.43 Å². The molecule has 0 radical (unpaired) electrons. The van der Waals surface area contributed by atoms with Crippen LogP contribution in [0.4, 0.5) is 0 Å². The minimum absolute atomic E-state index is 1.03. The Kier molecular flexibility index (Phi) is 8.91. The molecule has 0 heterocycles. The number of halogens is 2. The third-order valence-corrected chi connectivity index (χ3v) is 8.86. The number of rotatable bonds is 9. The van der Waals surface area contributed by atoms with Gasteiger partial charge in [-0.15, -0.1) is 0 Å². The van der Waals surface area contributed by atoms with Crippen molar-refractivity contribution in [3.8, 4) is 5.75 Å². The summed E-state index contributed by atoms with van der Waals surface area (Å²) in [5.41, 5.74) is 0. The second-order valence-electron chi connectivity index (χ2n) is 4.57. The van der Waals surface area contributed by atoms with Crippen LogP contribution in [0.3, 0.4) is 0 Å². The van der Waals surface area contributed by atoms with E-state index in [-0.39, 0.29) is 0 Å². The molecule has 0 aliphatic carbocycles. The Balaban J connectivity index is 2.19. The maximum atomic E-state index is 6.14. The molecule has 0 aliphatic rings. The van der Waals surface area contributed by atoms with Crippen LogP contribution >= 0.6 is 43.6 Å². The molecule has 1 aromatic rings. The van der Waals surface area contributed by atoms with Crippen LogP contribution in [0, 0.1) is 0 Å². The van der Waals surface area contributed by atoms with Gasteiger partial charge in [-0.25, -0.2) is 0 Å². The van der Waals surface area contributed by atoms with Crippen molar-refractivity contribution in [3.05, 3.63) is 30.3 Å². The van der Waals surface area contributed by atoms with Crippen LogP contribution in [0.5, 0.6) is 5.75 Å². The second-order valence-corrected chi connectivity index (χ2v) is 23.2. The van der Waals surface area contributed by atoms with Gasteiger partial charge in [0.15, 0.2) is 0 Å². The van der Waals surface area contributed by atoms with Gasteiger partial charge in [-0.2, -0.15) is 0 Å². The van der Waals surface area contributed by atoms with E-state index < -0.39 is 3.31 Å². The molecule has 0 amide bonds. The Bertz CT molecular complexity index is 317. The van der Waals surface area contributed by atoms with Gasteiger partial charge in [0, 0.05) is 0 Å². The minimum Gasteiger partial charge on any atom is -0.525 e. The van der Waals surface area contributed by atoms with E-state index in [1.807, 2.05) is 18.2 Å². The van der Waals surface area contributed by atoms with E-state index in [2.05, 4.69) is 62.7 Å². The smallest absolute Gasteiger partial charge is 0.382 e. The summed E-state index contributed by atoms with van der Waals surface area (Å²) in [5.74, 6) is 1.03. The summed E-state index contributed by atoms with van der Waals surface area (Å²) in [6.45, 7) is 2.27. The van der Waals surface area contributed by atoms with Gasteiger partial charge in [0.2, 0.25) is 0 Å². The normalized spacial score (nSPS) is 11.5. The van der Waals surface area contributed by atoms with Gasteiger partial charge >= 0.3 is 3.31 Å². The lowest BCUT2D eigenvalue weighted by Crippen LogP contribution is -2.26. The largest absolute Gasteiger partial charge is 0.525 e. The van der Waals surface area contributed by atoms with Crippen LogP contribution in [0.15, 0.2) is 30.3 Å². The fourth-order valence-electron chi connectivity index (χ4n) is 1.82. The molecular formula is C14H22I2OSi. The first-order valence-corrected chi connectivity index (χ1v) is 15.1. The van der Waals surface area contributed by atoms with E-state index in [0.717, 1.165) is 5.75 Å². The van der Waals surface area contributed by atoms with Crippen molar-refractivity contribution in [2.75, 3.05) is 0 Å². The fourth-order valence-corrected chi connectivity index (χ4v) is 6.88. The monoisotopic (exact) mass is 488 g/mol. The highest BCUT2D eigenvalue weighted by molar-refractivity contribution is 14.3. The summed E-state index contributed by atoms with van der Waals surface area (Å²) >= 11 is 5.10. The van der Waals surface area contributed by atoms with Gasteiger partial charge in [-0.3, -0.25) is 0 Å². The van der Waals surface area contributed by atoms with Gasteiger partial charge in [0.1, 0.15) is 5.75 Å². The van der Waals surface area contributed by atoms with Crippen LogP contribution < -0.4 is 4.43 Å². The Morgan fingerprint density at radius 1 is 0.944 bits per heavy atom. The molecular weight excluding hydrogens is 466 g/mol. The average Bonchev–Trinajstić information content (AvgIpc) is 2.34. The van der Waals surface area contributed by atoms with Crippen molar-refractivity contribution in [2.45, 2.75) is 51.5 Å². The Morgan fingerprint density at radius 2 is 1.56 bits per heavy atom. The molecule has 1 nitrogen and oxygen atoms in total. The molecule has 4 heteroatoms. The summed E-state index contributed by atoms with van der Waals surface area (Å²) in [6, 6.07) is 11.5. The molecule has 0 unspecified atom stereocenters. The van der Waals surface area contributed by atoms with Crippen molar-refractivity contribution in [3.63, 3.8) is 0 Å². The third-order valence-electron chi connectivity index (χ3n) is 2.83. The average molecular weight is 488 g/mol. The fraction of sp³-hybridized carbons (Fsp3) is 0.571. The van der Waals surface area contributed by atoms with Crippen LogP contribution in [0.25, 0.3) is 0 Å². The van der Waals surface area contributed by atoms with E-state index >= 15 is 0 Å². The lowest BCUT2D eigenvalue weighted by atomic mass is 10.1. The van der Waals surface area contributed by atoms with Gasteiger partial charge in [0.25, 0.3) is 0 Å². The summed E-state index contributed by atoms with van der Waals surface area (Å²) in [5, 5.41) is 0. The Hall–Kier alpha value is 0.697. The van der Waals surface area contributed by atoms with Crippen molar-refractivity contribution in [1.82, 2.24) is 0 Å². The van der Waals surface area contributed by atoms with Crippen molar-refractivity contribution >= 4 is 46.9 Å². The quantitative estimate of drug-likeness (QED) is 0.173. The molecule has 0 saturated carbocycles. The summed E-state index contributed by atoms with van der Waals surface area (Å²) in [4.78, 5) is 0. The van der Waals surface area contributed by atoms with E-state index in [0.29, 0.717) is 0 Å². The second kappa shape index (κ2) is 9.58. The molecule has 0 aliphatic heterocycles. The molecule has 0 bridgehead atoms. The topological polar surface area (TPSA) is 9.23 Å². The lowest BCUT2D eigenvalue weighted by Gasteiger charge is -2.20. The molecule has 1 aromatic carbocycles. The van der Waals surface area contributed by atoms with Gasteiger partial charge in [-0.1, -0.05) is 107 Å². The zero-order chi connectivity index (χ0) is 13.3. The molecule has 18 heavy (non-hydrogen) atoms. The highest BCUT2D eigenvalue weighted by atomic mass is 127. The predicted molar refractivity (Wildman–Crippen MR) is 99.0 cm³/mol. The predicted octanol–water partition coefficient (Wildman–Crippen LogP) is 6.23. The molecule has 0 fully saturated rings. The third kappa shape index (κ3) is 7.99.